The third kappa shape index (κ3) is 2.34. The molecule has 4 heteroatoms. The van der Waals surface area contributed by atoms with Crippen molar-refractivity contribution in [3.63, 3.8) is 0 Å². The van der Waals surface area contributed by atoms with E-state index in [1.165, 1.54) is 0 Å². The van der Waals surface area contributed by atoms with Crippen molar-refractivity contribution in [1.82, 2.24) is 0 Å². The van der Waals surface area contributed by atoms with Crippen LogP contribution in [0.1, 0.15) is 20.8 Å². The molecule has 0 aromatic heterocycles. The third-order valence-corrected chi connectivity index (χ3v) is 7.41. The highest BCUT2D eigenvalue weighted by Crippen LogP contribution is 2.28. The van der Waals surface area contributed by atoms with E-state index >= 15 is 0 Å². The zero-order chi connectivity index (χ0) is 9.12. The molecule has 0 amide bonds. The van der Waals surface area contributed by atoms with E-state index in [2.05, 4.69) is 20.8 Å². The number of rotatable bonds is 4. The summed E-state index contributed by atoms with van der Waals surface area (Å²) in [6.45, 7) is 9.55. The van der Waals surface area contributed by atoms with Crippen LogP contribution in [0.4, 0.5) is 0 Å². The Morgan fingerprint density at radius 3 is 1.27 bits per heavy atom. The number of quaternary nitrogens is 1. The first-order chi connectivity index (χ1) is 4.93. The Hall–Kier alpha value is 0.757. The van der Waals surface area contributed by atoms with Crippen LogP contribution in [0.3, 0.4) is 0 Å². The quantitative estimate of drug-likeness (QED) is 0.499. The van der Waals surface area contributed by atoms with Crippen molar-refractivity contribution in [2.75, 3.05) is 19.6 Å². The highest BCUT2D eigenvalue weighted by molar-refractivity contribution is 7.41. The average molecular weight is 215 g/mol. The molecule has 0 N–H and O–H groups in total. The van der Waals surface area contributed by atoms with Crippen molar-refractivity contribution in [1.29, 1.82) is 0 Å². The van der Waals surface area contributed by atoms with Crippen LogP contribution in [-0.4, -0.2) is 30.6 Å². The molecule has 0 spiro atoms. The zero-order valence-corrected chi connectivity index (χ0v) is 10.3. The van der Waals surface area contributed by atoms with Gasteiger partial charge >= 0.3 is 6.86 Å². The minimum atomic E-state index is -2.05. The van der Waals surface area contributed by atoms with Gasteiger partial charge in [-0.1, -0.05) is 22.2 Å². The monoisotopic (exact) mass is 214 g/mol. The predicted octanol–water partition coefficient (Wildman–Crippen LogP) is 2.91. The van der Waals surface area contributed by atoms with Gasteiger partial charge in [0.05, 0.1) is 19.6 Å². The van der Waals surface area contributed by atoms with E-state index in [0.717, 1.165) is 23.8 Å². The summed E-state index contributed by atoms with van der Waals surface area (Å²) in [4.78, 5) is 0. The van der Waals surface area contributed by atoms with Crippen LogP contribution in [0.5, 0.6) is 0 Å². The molecule has 0 saturated heterocycles. The standard InChI is InChI=1S/C7H18Cl2NSi/c1-5-10(6-2,7-3)11(4,8)9/h5-7H2,1-4H3/q+1. The lowest BCUT2D eigenvalue weighted by molar-refractivity contribution is -0.822. The molecule has 11 heavy (non-hydrogen) atoms. The van der Waals surface area contributed by atoms with Gasteiger partial charge in [-0.3, -0.25) is 0 Å². The Kier molecular flexibility index (Phi) is 4.41. The Bertz CT molecular complexity index is 110. The molecule has 0 aliphatic heterocycles. The van der Waals surface area contributed by atoms with Gasteiger partial charge in [-0.05, 0) is 20.8 Å². The smallest absolute Gasteiger partial charge is 0.360 e. The van der Waals surface area contributed by atoms with Crippen molar-refractivity contribution in [2.24, 2.45) is 0 Å². The molecule has 68 valence electrons. The maximum Gasteiger partial charge on any atom is 0.482 e. The van der Waals surface area contributed by atoms with Gasteiger partial charge in [-0.25, -0.2) is 0 Å². The number of nitrogens with zero attached hydrogens (tertiary/aromatic N) is 1. The van der Waals surface area contributed by atoms with Gasteiger partial charge in [0.2, 0.25) is 0 Å². The summed E-state index contributed by atoms with van der Waals surface area (Å²) in [5.74, 6) is 0. The summed E-state index contributed by atoms with van der Waals surface area (Å²) in [5, 5.41) is 0. The molecule has 0 rings (SSSR count). The fourth-order valence-corrected chi connectivity index (χ4v) is 5.32. The lowest BCUT2D eigenvalue weighted by Crippen LogP contribution is -2.60. The van der Waals surface area contributed by atoms with Crippen molar-refractivity contribution < 1.29 is 4.15 Å². The molecule has 0 radical (unpaired) electrons. The first kappa shape index (κ1) is 11.8. The average Bonchev–Trinajstić information content (AvgIpc) is 1.90. The maximum absolute atomic E-state index is 6.23. The van der Waals surface area contributed by atoms with E-state index in [4.69, 9.17) is 22.2 Å². The second-order valence-electron chi connectivity index (χ2n) is 2.94. The third-order valence-electron chi connectivity index (χ3n) is 2.65. The van der Waals surface area contributed by atoms with Gasteiger partial charge in [0, 0.05) is 6.55 Å². The summed E-state index contributed by atoms with van der Waals surface area (Å²) >= 11 is 12.5. The molecule has 0 unspecified atom stereocenters. The summed E-state index contributed by atoms with van der Waals surface area (Å²) in [7, 11) is 0. The predicted molar refractivity (Wildman–Crippen MR) is 55.2 cm³/mol. The first-order valence-electron chi connectivity index (χ1n) is 4.17. The van der Waals surface area contributed by atoms with Gasteiger partial charge in [0.25, 0.3) is 0 Å². The van der Waals surface area contributed by atoms with E-state index in [1.54, 1.807) is 0 Å². The van der Waals surface area contributed by atoms with Gasteiger partial charge in [-0.2, -0.15) is 0 Å². The maximum atomic E-state index is 6.23. The molecular weight excluding hydrogens is 197 g/mol. The highest BCUT2D eigenvalue weighted by Gasteiger charge is 2.46. The SMILES string of the molecule is CC[N+](CC)(CC)[Si](C)(Cl)Cl. The van der Waals surface area contributed by atoms with Crippen molar-refractivity contribution in [2.45, 2.75) is 27.3 Å². The fraction of sp³-hybridized carbons (Fsp3) is 1.00. The number of hydrogen-bond acceptors (Lipinski definition) is 0. The van der Waals surface area contributed by atoms with Crippen LogP contribution in [-0.2, 0) is 0 Å². The summed E-state index contributed by atoms with van der Waals surface area (Å²) in [5.41, 5.74) is 0. The Morgan fingerprint density at radius 2 is 1.27 bits per heavy atom. The Morgan fingerprint density at radius 1 is 1.00 bits per heavy atom. The topological polar surface area (TPSA) is 0 Å². The highest BCUT2D eigenvalue weighted by atomic mass is 35.7. The molecular formula is C7H18Cl2NSi+. The largest absolute Gasteiger partial charge is 0.482 e. The van der Waals surface area contributed by atoms with E-state index in [9.17, 15) is 0 Å². The van der Waals surface area contributed by atoms with Crippen LogP contribution >= 0.6 is 22.2 Å². The molecule has 0 aliphatic carbocycles. The van der Waals surface area contributed by atoms with Crippen LogP contribution in [0.15, 0.2) is 0 Å². The Balaban J connectivity index is 4.54. The lowest BCUT2D eigenvalue weighted by Gasteiger charge is -2.42. The molecule has 0 atom stereocenters. The van der Waals surface area contributed by atoms with Gasteiger partial charge in [0.15, 0.2) is 0 Å². The van der Waals surface area contributed by atoms with Crippen LogP contribution < -0.4 is 0 Å². The van der Waals surface area contributed by atoms with Gasteiger partial charge in [-0.15, -0.1) is 0 Å². The normalized spacial score (nSPS) is 13.6. The van der Waals surface area contributed by atoms with Crippen LogP contribution in [0, 0.1) is 0 Å². The molecule has 1 nitrogen and oxygen atoms in total. The molecule has 0 bridgehead atoms. The van der Waals surface area contributed by atoms with Gasteiger partial charge < -0.3 is 4.15 Å². The van der Waals surface area contributed by atoms with Gasteiger partial charge in [0.1, 0.15) is 0 Å². The number of hydrogen-bond donors (Lipinski definition) is 0. The molecule has 0 aromatic carbocycles. The van der Waals surface area contributed by atoms with E-state index in [-0.39, 0.29) is 0 Å². The first-order valence-corrected chi connectivity index (χ1v) is 8.64. The van der Waals surface area contributed by atoms with Crippen LogP contribution in [0.25, 0.3) is 0 Å². The van der Waals surface area contributed by atoms with Crippen molar-refractivity contribution in [3.8, 4) is 0 Å². The molecule has 0 heterocycles. The van der Waals surface area contributed by atoms with E-state index < -0.39 is 6.86 Å². The second-order valence-corrected chi connectivity index (χ2v) is 10.6. The van der Waals surface area contributed by atoms with Crippen molar-refractivity contribution >= 4 is 29.0 Å². The minimum Gasteiger partial charge on any atom is -0.360 e. The second kappa shape index (κ2) is 4.12. The van der Waals surface area contributed by atoms with Crippen molar-refractivity contribution in [3.05, 3.63) is 0 Å². The van der Waals surface area contributed by atoms with E-state index in [1.807, 2.05) is 6.55 Å². The van der Waals surface area contributed by atoms with E-state index in [0.29, 0.717) is 0 Å². The van der Waals surface area contributed by atoms with Crippen LogP contribution in [0.2, 0.25) is 6.55 Å². The summed E-state index contributed by atoms with van der Waals surface area (Å²) < 4.78 is 0.899. The lowest BCUT2D eigenvalue weighted by atomic mass is 10.5. The summed E-state index contributed by atoms with van der Waals surface area (Å²) in [6.07, 6.45) is 0. The minimum absolute atomic E-state index is 0.899. The zero-order valence-electron chi connectivity index (χ0n) is 7.82. The molecule has 0 fully saturated rings. The molecule has 0 aliphatic rings. The molecule has 0 aromatic rings. The summed E-state index contributed by atoms with van der Waals surface area (Å²) in [6, 6.07) is 0. The number of halogens is 2. The fourth-order valence-electron chi connectivity index (χ4n) is 1.50. The molecule has 0 saturated carbocycles. The Labute approximate surface area is 80.4 Å².